The number of thioether (sulfide) groups is 1. The minimum absolute atomic E-state index is 0.216. The number of aromatic nitrogens is 4. The van der Waals surface area contributed by atoms with Crippen LogP contribution in [-0.2, 0) is 0 Å². The van der Waals surface area contributed by atoms with Crippen molar-refractivity contribution in [1.29, 1.82) is 0 Å². The molecule has 3 N–H and O–H groups in total. The number of nitrogens with one attached hydrogen (secondary N) is 1. The van der Waals surface area contributed by atoms with Gasteiger partial charge in [-0.2, -0.15) is 0 Å². The van der Waals surface area contributed by atoms with Crippen LogP contribution in [0.5, 0.6) is 0 Å². The molecule has 4 rings (SSSR count). The molecule has 8 nitrogen and oxygen atoms in total. The number of hydrogen-bond acceptors (Lipinski definition) is 8. The quantitative estimate of drug-likeness (QED) is 0.583. The van der Waals surface area contributed by atoms with Gasteiger partial charge in [-0.15, -0.1) is 22.0 Å². The first-order valence-electron chi connectivity index (χ1n) is 10.2. The maximum absolute atomic E-state index is 12.7. The number of rotatable bonds is 5. The number of carbonyl (C=O) groups excluding carboxylic acids is 1. The molecule has 1 saturated heterocycles. The Labute approximate surface area is 185 Å². The second kappa shape index (κ2) is 9.30. The zero-order valence-corrected chi connectivity index (χ0v) is 18.4. The fourth-order valence-electron chi connectivity index (χ4n) is 3.64. The molecule has 4 heterocycles. The number of pyridine rings is 2. The van der Waals surface area contributed by atoms with Gasteiger partial charge in [0.2, 0.25) is 0 Å². The van der Waals surface area contributed by atoms with E-state index in [1.54, 1.807) is 24.5 Å². The number of nitrogens with zero attached hydrogens (tertiary/aromatic N) is 5. The van der Waals surface area contributed by atoms with Gasteiger partial charge in [0.15, 0.2) is 5.82 Å². The molecule has 9 heteroatoms. The SMILES string of the molecule is CSc1cc(C(=O)Nc2cnc(C)c(-c3cc(N4CCCCC4)c(N)nn3)c2)ccn1. The lowest BCUT2D eigenvalue weighted by molar-refractivity contribution is 0.102. The highest BCUT2D eigenvalue weighted by Crippen LogP contribution is 2.30. The molecule has 0 unspecified atom stereocenters. The third-order valence-corrected chi connectivity index (χ3v) is 5.97. The third kappa shape index (κ3) is 4.77. The minimum Gasteiger partial charge on any atom is -0.380 e. The van der Waals surface area contributed by atoms with Gasteiger partial charge in [-0.3, -0.25) is 9.78 Å². The normalized spacial score (nSPS) is 13.8. The molecule has 3 aromatic rings. The molecule has 0 aliphatic carbocycles. The number of nitrogen functional groups attached to an aromatic ring is 1. The van der Waals surface area contributed by atoms with Crippen molar-refractivity contribution in [1.82, 2.24) is 20.2 Å². The second-order valence-corrected chi connectivity index (χ2v) is 8.27. The van der Waals surface area contributed by atoms with E-state index in [4.69, 9.17) is 5.73 Å². The molecular formula is C22H25N7OS. The number of nitrogens with two attached hydrogens (primary N) is 1. The van der Waals surface area contributed by atoms with Gasteiger partial charge in [0.25, 0.3) is 5.91 Å². The Hall–Kier alpha value is -3.20. The summed E-state index contributed by atoms with van der Waals surface area (Å²) in [6.07, 6.45) is 8.72. The van der Waals surface area contributed by atoms with Crippen molar-refractivity contribution in [3.8, 4) is 11.3 Å². The Morgan fingerprint density at radius 1 is 1.13 bits per heavy atom. The lowest BCUT2D eigenvalue weighted by Crippen LogP contribution is -2.30. The number of aryl methyl sites for hydroxylation is 1. The predicted molar refractivity (Wildman–Crippen MR) is 124 cm³/mol. The van der Waals surface area contributed by atoms with E-state index < -0.39 is 0 Å². The van der Waals surface area contributed by atoms with E-state index in [0.717, 1.165) is 47.9 Å². The molecular weight excluding hydrogens is 410 g/mol. The van der Waals surface area contributed by atoms with Crippen LogP contribution in [0.15, 0.2) is 41.7 Å². The van der Waals surface area contributed by atoms with Crippen molar-refractivity contribution in [2.45, 2.75) is 31.2 Å². The highest BCUT2D eigenvalue weighted by molar-refractivity contribution is 7.98. The van der Waals surface area contributed by atoms with Crippen molar-refractivity contribution < 1.29 is 4.79 Å². The summed E-state index contributed by atoms with van der Waals surface area (Å²) < 4.78 is 0. The minimum atomic E-state index is -0.216. The topological polar surface area (TPSA) is 110 Å². The van der Waals surface area contributed by atoms with E-state index in [1.807, 2.05) is 25.3 Å². The van der Waals surface area contributed by atoms with E-state index in [0.29, 0.717) is 22.8 Å². The lowest BCUT2D eigenvalue weighted by Gasteiger charge is -2.29. The summed E-state index contributed by atoms with van der Waals surface area (Å²) >= 11 is 1.49. The molecule has 0 bridgehead atoms. The Bertz CT molecular complexity index is 1100. The molecule has 31 heavy (non-hydrogen) atoms. The first kappa shape index (κ1) is 21.0. The summed E-state index contributed by atoms with van der Waals surface area (Å²) in [5.41, 5.74) is 10.5. The van der Waals surface area contributed by atoms with Crippen LogP contribution in [0.4, 0.5) is 17.2 Å². The van der Waals surface area contributed by atoms with E-state index in [9.17, 15) is 4.79 Å². The maximum atomic E-state index is 12.7. The molecule has 160 valence electrons. The largest absolute Gasteiger partial charge is 0.380 e. The Morgan fingerprint density at radius 2 is 1.94 bits per heavy atom. The van der Waals surface area contributed by atoms with Crippen LogP contribution in [-0.4, -0.2) is 45.4 Å². The standard InChI is InChI=1S/C22H25N7OS/c1-14-17(18-12-19(21(23)28-27-18)29-8-4-3-5-9-29)11-16(13-25-14)26-22(30)15-6-7-24-20(10-15)31-2/h6-7,10-13H,3-5,8-9H2,1-2H3,(H2,23,28)(H,26,30). The van der Waals surface area contributed by atoms with Gasteiger partial charge in [0, 0.05) is 36.1 Å². The highest BCUT2D eigenvalue weighted by atomic mass is 32.2. The molecule has 0 saturated carbocycles. The first-order valence-corrected chi connectivity index (χ1v) is 11.4. The Balaban J connectivity index is 1.61. The summed E-state index contributed by atoms with van der Waals surface area (Å²) in [5, 5.41) is 12.2. The van der Waals surface area contributed by atoms with Gasteiger partial charge in [-0.05, 0) is 56.7 Å². The van der Waals surface area contributed by atoms with Crippen LogP contribution in [0, 0.1) is 6.92 Å². The Morgan fingerprint density at radius 3 is 2.71 bits per heavy atom. The smallest absolute Gasteiger partial charge is 0.255 e. The average Bonchev–Trinajstić information content (AvgIpc) is 2.81. The first-order chi connectivity index (χ1) is 15.0. The van der Waals surface area contributed by atoms with Crippen molar-refractivity contribution in [3.63, 3.8) is 0 Å². The van der Waals surface area contributed by atoms with Gasteiger partial charge < -0.3 is 16.0 Å². The molecule has 0 radical (unpaired) electrons. The molecule has 1 fully saturated rings. The molecule has 3 aromatic heterocycles. The van der Waals surface area contributed by atoms with E-state index >= 15 is 0 Å². The summed E-state index contributed by atoms with van der Waals surface area (Å²) in [5.74, 6) is 0.217. The summed E-state index contributed by atoms with van der Waals surface area (Å²) in [4.78, 5) is 23.6. The Kier molecular flexibility index (Phi) is 6.31. The van der Waals surface area contributed by atoms with Crippen LogP contribution in [0.2, 0.25) is 0 Å². The van der Waals surface area contributed by atoms with E-state index in [2.05, 4.69) is 30.4 Å². The summed E-state index contributed by atoms with van der Waals surface area (Å²) in [7, 11) is 0. The number of amides is 1. The van der Waals surface area contributed by atoms with Crippen molar-refractivity contribution in [2.24, 2.45) is 0 Å². The van der Waals surface area contributed by atoms with Crippen molar-refractivity contribution in [3.05, 3.63) is 47.9 Å². The second-order valence-electron chi connectivity index (χ2n) is 7.45. The molecule has 0 aromatic carbocycles. The van der Waals surface area contributed by atoms with E-state index in [-0.39, 0.29) is 5.91 Å². The summed E-state index contributed by atoms with van der Waals surface area (Å²) in [6.45, 7) is 3.84. The number of carbonyl (C=O) groups is 1. The average molecular weight is 436 g/mol. The van der Waals surface area contributed by atoms with Gasteiger partial charge in [0.05, 0.1) is 28.3 Å². The van der Waals surface area contributed by atoms with Crippen LogP contribution >= 0.6 is 11.8 Å². The van der Waals surface area contributed by atoms with Crippen molar-refractivity contribution >= 4 is 34.9 Å². The van der Waals surface area contributed by atoms with Crippen molar-refractivity contribution in [2.75, 3.05) is 35.3 Å². The van der Waals surface area contributed by atoms with Crippen LogP contribution in [0.1, 0.15) is 35.3 Å². The van der Waals surface area contributed by atoms with Crippen LogP contribution < -0.4 is 16.0 Å². The third-order valence-electron chi connectivity index (χ3n) is 5.32. The lowest BCUT2D eigenvalue weighted by atomic mass is 10.1. The number of hydrogen-bond donors (Lipinski definition) is 2. The monoisotopic (exact) mass is 435 g/mol. The maximum Gasteiger partial charge on any atom is 0.255 e. The molecule has 0 spiro atoms. The number of anilines is 3. The fraction of sp³-hybridized carbons (Fsp3) is 0.318. The molecule has 1 amide bonds. The predicted octanol–water partition coefficient (Wildman–Crippen LogP) is 3.79. The van der Waals surface area contributed by atoms with Crippen LogP contribution in [0.25, 0.3) is 11.3 Å². The van der Waals surface area contributed by atoms with E-state index in [1.165, 1.54) is 18.2 Å². The highest BCUT2D eigenvalue weighted by Gasteiger charge is 2.18. The zero-order chi connectivity index (χ0) is 21.8. The molecule has 0 atom stereocenters. The van der Waals surface area contributed by atoms with Gasteiger partial charge in [0.1, 0.15) is 0 Å². The van der Waals surface area contributed by atoms with Gasteiger partial charge >= 0.3 is 0 Å². The zero-order valence-electron chi connectivity index (χ0n) is 17.6. The van der Waals surface area contributed by atoms with Crippen LogP contribution in [0.3, 0.4) is 0 Å². The van der Waals surface area contributed by atoms with Gasteiger partial charge in [-0.1, -0.05) is 0 Å². The molecule has 1 aliphatic heterocycles. The number of piperidine rings is 1. The summed E-state index contributed by atoms with van der Waals surface area (Å²) in [6, 6.07) is 7.29. The fourth-order valence-corrected chi connectivity index (χ4v) is 4.05. The molecule has 1 aliphatic rings. The van der Waals surface area contributed by atoms with Gasteiger partial charge in [-0.25, -0.2) is 4.98 Å².